The highest BCUT2D eigenvalue weighted by Crippen LogP contribution is 2.23. The molecule has 3 N–H and O–H groups in total. The first-order valence-corrected chi connectivity index (χ1v) is 8.63. The van der Waals surface area contributed by atoms with Gasteiger partial charge in [-0.25, -0.2) is 0 Å². The van der Waals surface area contributed by atoms with Crippen molar-refractivity contribution in [3.63, 3.8) is 0 Å². The molecule has 1 aliphatic rings. The second-order valence-corrected chi connectivity index (χ2v) is 5.98. The van der Waals surface area contributed by atoms with Crippen LogP contribution in [0.25, 0.3) is 0 Å². The van der Waals surface area contributed by atoms with E-state index in [1.54, 1.807) is 18.2 Å². The third kappa shape index (κ3) is 6.07. The van der Waals surface area contributed by atoms with E-state index in [0.29, 0.717) is 36.4 Å². The number of nitrogens with two attached hydrogens (primary N) is 1. The van der Waals surface area contributed by atoms with Gasteiger partial charge in [-0.05, 0) is 32.8 Å². The standard InChI is InChI=1S/C12H15NO3.C7H11NO2/c1-8(14)10-4-3-5-11(16-7-6-13)12(10)9(2)15;1-2-5-3-4-6(9)8-7(5)10/h3-5H,6-7,13H2,1-2H3;5H,2-4H2,1H3,(H,8,9,10). The predicted molar refractivity (Wildman–Crippen MR) is 97.2 cm³/mol. The van der Waals surface area contributed by atoms with Crippen LogP contribution in [0, 0.1) is 5.92 Å². The number of Topliss-reactive ketones (excluding diaryl/α,β-unsaturated/α-hetero) is 2. The lowest BCUT2D eigenvalue weighted by molar-refractivity contribution is -0.136. The lowest BCUT2D eigenvalue weighted by atomic mass is 9.96. The lowest BCUT2D eigenvalue weighted by Gasteiger charge is -2.18. The quantitative estimate of drug-likeness (QED) is 0.590. The van der Waals surface area contributed by atoms with Crippen molar-refractivity contribution in [3.8, 4) is 5.75 Å². The Kier molecular flexibility index (Phi) is 8.64. The molecule has 1 saturated heterocycles. The Balaban J connectivity index is 0.000000289. The van der Waals surface area contributed by atoms with E-state index in [0.717, 1.165) is 12.8 Å². The molecule has 1 unspecified atom stereocenters. The van der Waals surface area contributed by atoms with Crippen molar-refractivity contribution in [2.45, 2.75) is 40.0 Å². The van der Waals surface area contributed by atoms with E-state index in [-0.39, 0.29) is 29.3 Å². The smallest absolute Gasteiger partial charge is 0.229 e. The average molecular weight is 362 g/mol. The highest BCUT2D eigenvalue weighted by Gasteiger charge is 2.24. The number of amides is 2. The van der Waals surface area contributed by atoms with Gasteiger partial charge in [0.1, 0.15) is 12.4 Å². The Morgan fingerprint density at radius 3 is 2.42 bits per heavy atom. The summed E-state index contributed by atoms with van der Waals surface area (Å²) in [7, 11) is 0. The van der Waals surface area contributed by atoms with E-state index in [1.807, 2.05) is 6.92 Å². The molecule has 142 valence electrons. The van der Waals surface area contributed by atoms with Gasteiger partial charge in [0.15, 0.2) is 11.6 Å². The zero-order chi connectivity index (χ0) is 19.7. The SMILES string of the molecule is CC(=O)c1cccc(OCCN)c1C(C)=O.CCC1CCC(=O)NC1=O. The minimum atomic E-state index is -0.183. The van der Waals surface area contributed by atoms with Crippen LogP contribution >= 0.6 is 0 Å². The molecule has 2 rings (SSSR count). The summed E-state index contributed by atoms with van der Waals surface area (Å²) < 4.78 is 5.34. The summed E-state index contributed by atoms with van der Waals surface area (Å²) in [4.78, 5) is 44.4. The number of ketones is 2. The van der Waals surface area contributed by atoms with Crippen molar-refractivity contribution in [2.75, 3.05) is 13.2 Å². The highest BCUT2D eigenvalue weighted by molar-refractivity contribution is 6.09. The Hall–Kier alpha value is -2.54. The van der Waals surface area contributed by atoms with E-state index in [9.17, 15) is 19.2 Å². The van der Waals surface area contributed by atoms with Gasteiger partial charge in [0.25, 0.3) is 0 Å². The van der Waals surface area contributed by atoms with Crippen molar-refractivity contribution in [1.29, 1.82) is 0 Å². The Bertz CT molecular complexity index is 685. The first kappa shape index (κ1) is 21.5. The number of imide groups is 1. The van der Waals surface area contributed by atoms with E-state index < -0.39 is 0 Å². The summed E-state index contributed by atoms with van der Waals surface area (Å²) in [5, 5.41) is 2.30. The van der Waals surface area contributed by atoms with Crippen molar-refractivity contribution in [1.82, 2.24) is 5.32 Å². The van der Waals surface area contributed by atoms with Crippen LogP contribution < -0.4 is 15.8 Å². The van der Waals surface area contributed by atoms with Crippen molar-refractivity contribution in [3.05, 3.63) is 29.3 Å². The number of carbonyl (C=O) groups is 4. The van der Waals surface area contributed by atoms with Crippen LogP contribution in [-0.4, -0.2) is 36.5 Å². The summed E-state index contributed by atoms with van der Waals surface area (Å²) in [6.45, 7) is 5.48. The number of ether oxygens (including phenoxy) is 1. The molecule has 1 aromatic carbocycles. The molecule has 7 nitrogen and oxygen atoms in total. The first-order valence-electron chi connectivity index (χ1n) is 8.63. The molecular formula is C19H26N2O5. The van der Waals surface area contributed by atoms with Crippen LogP contribution in [0.1, 0.15) is 60.7 Å². The second-order valence-electron chi connectivity index (χ2n) is 5.98. The summed E-state index contributed by atoms with van der Waals surface area (Å²) in [5.74, 6) is -0.0713. The first-order chi connectivity index (χ1) is 12.3. The van der Waals surface area contributed by atoms with Crippen molar-refractivity contribution >= 4 is 23.4 Å². The average Bonchev–Trinajstić information content (AvgIpc) is 2.60. The topological polar surface area (TPSA) is 116 Å². The monoisotopic (exact) mass is 362 g/mol. The van der Waals surface area contributed by atoms with E-state index in [1.165, 1.54) is 13.8 Å². The summed E-state index contributed by atoms with van der Waals surface area (Å²) >= 11 is 0. The fraction of sp³-hybridized carbons (Fsp3) is 0.474. The fourth-order valence-corrected chi connectivity index (χ4v) is 2.60. The normalized spacial score (nSPS) is 16.2. The minimum Gasteiger partial charge on any atom is -0.491 e. The molecule has 1 aliphatic heterocycles. The van der Waals surface area contributed by atoms with E-state index >= 15 is 0 Å². The number of benzene rings is 1. The molecule has 0 aliphatic carbocycles. The van der Waals surface area contributed by atoms with E-state index in [2.05, 4.69) is 5.32 Å². The maximum atomic E-state index is 11.5. The van der Waals surface area contributed by atoms with Gasteiger partial charge in [0.05, 0.1) is 5.56 Å². The van der Waals surface area contributed by atoms with Crippen LogP contribution in [0.2, 0.25) is 0 Å². The molecule has 1 atom stereocenters. The van der Waals surface area contributed by atoms with Gasteiger partial charge in [0, 0.05) is 24.4 Å². The number of carbonyl (C=O) groups excluding carboxylic acids is 4. The van der Waals surface area contributed by atoms with Gasteiger partial charge in [-0.15, -0.1) is 0 Å². The van der Waals surface area contributed by atoms with Gasteiger partial charge in [-0.2, -0.15) is 0 Å². The Morgan fingerprint density at radius 2 is 1.92 bits per heavy atom. The molecule has 0 radical (unpaired) electrons. The Labute approximate surface area is 153 Å². The van der Waals surface area contributed by atoms with Crippen LogP contribution in [-0.2, 0) is 9.59 Å². The minimum absolute atomic E-state index is 0.0673. The molecule has 26 heavy (non-hydrogen) atoms. The number of nitrogens with one attached hydrogen (secondary N) is 1. The largest absolute Gasteiger partial charge is 0.491 e. The van der Waals surface area contributed by atoms with Crippen LogP contribution in [0.15, 0.2) is 18.2 Å². The molecule has 0 bridgehead atoms. The molecule has 2 amide bonds. The van der Waals surface area contributed by atoms with Crippen LogP contribution in [0.5, 0.6) is 5.75 Å². The zero-order valence-corrected chi connectivity index (χ0v) is 15.5. The van der Waals surface area contributed by atoms with Gasteiger partial charge in [-0.1, -0.05) is 19.1 Å². The van der Waals surface area contributed by atoms with Crippen molar-refractivity contribution < 1.29 is 23.9 Å². The van der Waals surface area contributed by atoms with Gasteiger partial charge in [0.2, 0.25) is 11.8 Å². The molecular weight excluding hydrogens is 336 g/mol. The van der Waals surface area contributed by atoms with Gasteiger partial charge < -0.3 is 10.5 Å². The molecule has 1 aromatic rings. The molecule has 0 spiro atoms. The van der Waals surface area contributed by atoms with Gasteiger partial charge >= 0.3 is 0 Å². The number of hydrogen-bond acceptors (Lipinski definition) is 6. The molecule has 1 fully saturated rings. The fourth-order valence-electron chi connectivity index (χ4n) is 2.60. The number of rotatable bonds is 6. The summed E-state index contributed by atoms with van der Waals surface area (Å²) in [6.07, 6.45) is 2.06. The lowest BCUT2D eigenvalue weighted by Crippen LogP contribution is -2.40. The Morgan fingerprint density at radius 1 is 1.23 bits per heavy atom. The second kappa shape index (κ2) is 10.5. The van der Waals surface area contributed by atoms with Crippen molar-refractivity contribution in [2.24, 2.45) is 11.7 Å². The third-order valence-corrected chi connectivity index (χ3v) is 3.98. The molecule has 0 saturated carbocycles. The van der Waals surface area contributed by atoms with Crippen LogP contribution in [0.3, 0.4) is 0 Å². The third-order valence-electron chi connectivity index (χ3n) is 3.98. The van der Waals surface area contributed by atoms with Gasteiger partial charge in [-0.3, -0.25) is 24.5 Å². The van der Waals surface area contributed by atoms with E-state index in [4.69, 9.17) is 10.5 Å². The maximum absolute atomic E-state index is 11.5. The molecule has 1 heterocycles. The predicted octanol–water partition coefficient (Wildman–Crippen LogP) is 1.88. The maximum Gasteiger partial charge on any atom is 0.229 e. The molecule has 7 heteroatoms. The summed E-state index contributed by atoms with van der Waals surface area (Å²) in [5.41, 5.74) is 6.05. The zero-order valence-electron chi connectivity index (χ0n) is 15.5. The number of hydrogen-bond donors (Lipinski definition) is 2. The number of piperidine rings is 1. The summed E-state index contributed by atoms with van der Waals surface area (Å²) in [6, 6.07) is 4.97. The molecule has 0 aromatic heterocycles. The van der Waals surface area contributed by atoms with Crippen LogP contribution in [0.4, 0.5) is 0 Å². The highest BCUT2D eigenvalue weighted by atomic mass is 16.5.